The van der Waals surface area contributed by atoms with Crippen LogP contribution in [0.5, 0.6) is 0 Å². The minimum Gasteiger partial charge on any atom is -0.324 e. The minimum atomic E-state index is -0.450. The molecule has 29 heavy (non-hydrogen) atoms. The minimum absolute atomic E-state index is 0.142. The Labute approximate surface area is 170 Å². The molecule has 7 heteroatoms. The van der Waals surface area contributed by atoms with Crippen molar-refractivity contribution in [3.8, 4) is 0 Å². The topological polar surface area (TPSA) is 64.0 Å². The van der Waals surface area contributed by atoms with E-state index in [1.54, 1.807) is 47.0 Å². The predicted molar refractivity (Wildman–Crippen MR) is 110 cm³/mol. The molecule has 0 spiro atoms. The van der Waals surface area contributed by atoms with Gasteiger partial charge in [0, 0.05) is 16.3 Å². The Bertz CT molecular complexity index is 1220. The highest BCUT2D eigenvalue weighted by molar-refractivity contribution is 6.30. The molecule has 0 bridgehead atoms. The molecular formula is C22H15ClFN3O2. The molecule has 4 rings (SSSR count). The fourth-order valence-electron chi connectivity index (χ4n) is 3.05. The molecule has 0 saturated heterocycles. The summed E-state index contributed by atoms with van der Waals surface area (Å²) >= 11 is 5.90. The van der Waals surface area contributed by atoms with Crippen LogP contribution in [-0.4, -0.2) is 21.2 Å². The lowest BCUT2D eigenvalue weighted by Gasteiger charge is -2.10. The molecule has 3 aromatic carbocycles. The zero-order chi connectivity index (χ0) is 20.4. The maximum absolute atomic E-state index is 13.4. The van der Waals surface area contributed by atoms with Gasteiger partial charge in [-0.3, -0.25) is 9.59 Å². The van der Waals surface area contributed by atoms with Gasteiger partial charge in [0.2, 0.25) is 11.7 Å². The molecular weight excluding hydrogens is 393 g/mol. The van der Waals surface area contributed by atoms with E-state index in [1.807, 2.05) is 12.1 Å². The Morgan fingerprint density at radius 1 is 1.00 bits per heavy atom. The average molecular weight is 408 g/mol. The van der Waals surface area contributed by atoms with Gasteiger partial charge in [-0.25, -0.2) is 9.37 Å². The first-order chi connectivity index (χ1) is 14.0. The molecule has 0 atom stereocenters. The number of amides is 1. The Balaban J connectivity index is 1.69. The van der Waals surface area contributed by atoms with Gasteiger partial charge in [-0.1, -0.05) is 29.8 Å². The number of ketones is 1. The number of aromatic nitrogens is 2. The summed E-state index contributed by atoms with van der Waals surface area (Å²) in [4.78, 5) is 30.0. The van der Waals surface area contributed by atoms with E-state index in [0.29, 0.717) is 27.3 Å². The summed E-state index contributed by atoms with van der Waals surface area (Å²) in [6.07, 6.45) is 0. The summed E-state index contributed by atoms with van der Waals surface area (Å²) in [5, 5.41) is 3.16. The van der Waals surface area contributed by atoms with Gasteiger partial charge in [-0.2, -0.15) is 0 Å². The van der Waals surface area contributed by atoms with Crippen LogP contribution in [0.1, 0.15) is 16.2 Å². The molecule has 1 N–H and O–H groups in total. The number of nitrogens with one attached hydrogen (secondary N) is 1. The highest BCUT2D eigenvalue weighted by Gasteiger charge is 2.21. The zero-order valence-electron chi connectivity index (χ0n) is 15.1. The number of nitrogens with zero attached hydrogens (tertiary/aromatic N) is 2. The molecule has 0 saturated carbocycles. The van der Waals surface area contributed by atoms with Gasteiger partial charge in [-0.15, -0.1) is 0 Å². The molecule has 144 valence electrons. The summed E-state index contributed by atoms with van der Waals surface area (Å²) in [5.74, 6) is -1.03. The van der Waals surface area contributed by atoms with Crippen LogP contribution in [0.2, 0.25) is 5.02 Å². The van der Waals surface area contributed by atoms with E-state index in [1.165, 1.54) is 18.2 Å². The first-order valence-electron chi connectivity index (χ1n) is 8.82. The lowest BCUT2D eigenvalue weighted by Crippen LogP contribution is -2.22. The van der Waals surface area contributed by atoms with Gasteiger partial charge < -0.3 is 9.88 Å². The summed E-state index contributed by atoms with van der Waals surface area (Å²) in [7, 11) is 0. The van der Waals surface area contributed by atoms with Gasteiger partial charge in [0.05, 0.1) is 11.0 Å². The third-order valence-corrected chi connectivity index (χ3v) is 4.63. The number of hydrogen-bond acceptors (Lipinski definition) is 3. The van der Waals surface area contributed by atoms with E-state index >= 15 is 0 Å². The van der Waals surface area contributed by atoms with Crippen molar-refractivity contribution in [1.82, 2.24) is 9.55 Å². The van der Waals surface area contributed by atoms with Gasteiger partial charge in [0.1, 0.15) is 12.4 Å². The monoisotopic (exact) mass is 407 g/mol. The van der Waals surface area contributed by atoms with Crippen LogP contribution in [0, 0.1) is 5.82 Å². The molecule has 1 amide bonds. The maximum atomic E-state index is 13.4. The third-order valence-electron chi connectivity index (χ3n) is 4.37. The van der Waals surface area contributed by atoms with Crippen molar-refractivity contribution in [2.24, 2.45) is 0 Å². The van der Waals surface area contributed by atoms with Crippen LogP contribution in [0.25, 0.3) is 11.0 Å². The predicted octanol–water partition coefficient (Wildman–Crippen LogP) is 4.70. The highest BCUT2D eigenvalue weighted by Crippen LogP contribution is 2.20. The Hall–Kier alpha value is -3.51. The molecule has 0 aliphatic rings. The van der Waals surface area contributed by atoms with Crippen LogP contribution in [-0.2, 0) is 11.3 Å². The smallest absolute Gasteiger partial charge is 0.244 e. The van der Waals surface area contributed by atoms with Crippen molar-refractivity contribution >= 4 is 40.0 Å². The lowest BCUT2D eigenvalue weighted by atomic mass is 10.1. The van der Waals surface area contributed by atoms with Gasteiger partial charge in [-0.05, 0) is 54.6 Å². The number of carbonyl (C=O) groups is 2. The fraction of sp³-hybridized carbons (Fsp3) is 0.0455. The van der Waals surface area contributed by atoms with Crippen LogP contribution >= 0.6 is 11.6 Å². The fourth-order valence-corrected chi connectivity index (χ4v) is 3.18. The number of carbonyl (C=O) groups excluding carboxylic acids is 2. The number of para-hydroxylation sites is 2. The van der Waals surface area contributed by atoms with Crippen molar-refractivity contribution < 1.29 is 14.0 Å². The quantitative estimate of drug-likeness (QED) is 0.488. The van der Waals surface area contributed by atoms with Crippen molar-refractivity contribution in [2.45, 2.75) is 6.54 Å². The molecule has 0 aliphatic carbocycles. The number of imidazole rings is 1. The van der Waals surface area contributed by atoms with Crippen LogP contribution in [0.3, 0.4) is 0 Å². The van der Waals surface area contributed by atoms with Crippen molar-refractivity contribution in [2.75, 3.05) is 5.32 Å². The van der Waals surface area contributed by atoms with Crippen LogP contribution < -0.4 is 5.32 Å². The Kier molecular flexibility index (Phi) is 5.10. The number of rotatable bonds is 5. The molecule has 1 aromatic heterocycles. The number of anilines is 1. The maximum Gasteiger partial charge on any atom is 0.244 e. The van der Waals surface area contributed by atoms with E-state index in [4.69, 9.17) is 11.6 Å². The highest BCUT2D eigenvalue weighted by atomic mass is 35.5. The van der Waals surface area contributed by atoms with E-state index in [-0.39, 0.29) is 18.2 Å². The van der Waals surface area contributed by atoms with Crippen LogP contribution in [0.4, 0.5) is 10.1 Å². The van der Waals surface area contributed by atoms with E-state index < -0.39 is 11.7 Å². The normalized spacial score (nSPS) is 10.8. The third kappa shape index (κ3) is 4.02. The summed E-state index contributed by atoms with van der Waals surface area (Å²) in [5.41, 5.74) is 2.00. The second kappa shape index (κ2) is 7.85. The van der Waals surface area contributed by atoms with Crippen molar-refractivity contribution in [3.63, 3.8) is 0 Å². The molecule has 0 fully saturated rings. The average Bonchev–Trinajstić information content (AvgIpc) is 3.06. The zero-order valence-corrected chi connectivity index (χ0v) is 15.9. The molecule has 0 unspecified atom stereocenters. The number of hydrogen-bond donors (Lipinski definition) is 1. The summed E-state index contributed by atoms with van der Waals surface area (Å²) < 4.78 is 14.9. The first-order valence-corrected chi connectivity index (χ1v) is 9.20. The standard InChI is InChI=1S/C22H15ClFN3O2/c23-15-10-8-14(9-11-15)21(29)22-26-18-6-1-2-7-19(18)27(22)13-20(28)25-17-5-3-4-16(24)12-17/h1-12H,13H2,(H,25,28). The van der Waals surface area contributed by atoms with Gasteiger partial charge in [0.15, 0.2) is 5.82 Å². The molecule has 5 nitrogen and oxygen atoms in total. The number of halogens is 2. The molecule has 1 heterocycles. The van der Waals surface area contributed by atoms with E-state index in [2.05, 4.69) is 10.3 Å². The Morgan fingerprint density at radius 3 is 2.52 bits per heavy atom. The van der Waals surface area contributed by atoms with E-state index in [0.717, 1.165) is 0 Å². The molecule has 0 radical (unpaired) electrons. The Morgan fingerprint density at radius 2 is 1.76 bits per heavy atom. The van der Waals surface area contributed by atoms with Crippen LogP contribution in [0.15, 0.2) is 72.8 Å². The van der Waals surface area contributed by atoms with Gasteiger partial charge >= 0.3 is 0 Å². The molecule has 4 aromatic rings. The van der Waals surface area contributed by atoms with Gasteiger partial charge in [0.25, 0.3) is 0 Å². The van der Waals surface area contributed by atoms with Crippen molar-refractivity contribution in [3.05, 3.63) is 95.0 Å². The van der Waals surface area contributed by atoms with E-state index in [9.17, 15) is 14.0 Å². The summed E-state index contributed by atoms with van der Waals surface area (Å²) in [6, 6.07) is 19.3. The number of fused-ring (bicyclic) bond motifs is 1. The summed E-state index contributed by atoms with van der Waals surface area (Å²) in [6.45, 7) is -0.147. The second-order valence-corrected chi connectivity index (χ2v) is 6.84. The largest absolute Gasteiger partial charge is 0.324 e. The number of benzene rings is 3. The lowest BCUT2D eigenvalue weighted by molar-refractivity contribution is -0.116. The SMILES string of the molecule is O=C(Cn1c(C(=O)c2ccc(Cl)cc2)nc2ccccc21)Nc1cccc(F)c1. The molecule has 0 aliphatic heterocycles. The van der Waals surface area contributed by atoms with Crippen molar-refractivity contribution in [1.29, 1.82) is 0 Å². The first kappa shape index (κ1) is 18.8. The second-order valence-electron chi connectivity index (χ2n) is 6.40.